The van der Waals surface area contributed by atoms with Crippen molar-refractivity contribution in [3.05, 3.63) is 40.9 Å². The third-order valence-corrected chi connectivity index (χ3v) is 3.41. The van der Waals surface area contributed by atoms with Crippen molar-refractivity contribution in [3.63, 3.8) is 0 Å². The Morgan fingerprint density at radius 2 is 1.95 bits per heavy atom. The second-order valence-electron chi connectivity index (χ2n) is 4.13. The molecule has 1 atom stereocenters. The van der Waals surface area contributed by atoms with Gasteiger partial charge in [0, 0.05) is 11.1 Å². The molecule has 0 radical (unpaired) electrons. The molecule has 0 amide bonds. The molecule has 1 aromatic heterocycles. The highest BCUT2D eigenvalue weighted by atomic mass is 32.1. The van der Waals surface area contributed by atoms with Crippen LogP contribution in [0.4, 0.5) is 24.0 Å². The van der Waals surface area contributed by atoms with E-state index in [0.29, 0.717) is 5.69 Å². The zero-order chi connectivity index (χ0) is 14.8. The maximum absolute atomic E-state index is 12.4. The van der Waals surface area contributed by atoms with Crippen LogP contribution in [0.5, 0.6) is 0 Å². The van der Waals surface area contributed by atoms with E-state index >= 15 is 0 Å². The van der Waals surface area contributed by atoms with Gasteiger partial charge in [-0.1, -0.05) is 12.1 Å². The molecule has 0 aliphatic rings. The number of aromatic nitrogens is 1. The smallest absolute Gasteiger partial charge is 0.332 e. The van der Waals surface area contributed by atoms with Gasteiger partial charge < -0.3 is 5.32 Å². The number of halogens is 3. The summed E-state index contributed by atoms with van der Waals surface area (Å²) in [5.74, 6) is -0.222. The molecule has 0 saturated heterocycles. The molecule has 0 fully saturated rings. The van der Waals surface area contributed by atoms with E-state index in [0.717, 1.165) is 22.3 Å². The molecule has 3 nitrogen and oxygen atoms in total. The quantitative estimate of drug-likeness (QED) is 0.905. The molecule has 2 rings (SSSR count). The molecule has 2 aromatic rings. The number of hydrogen-bond acceptors (Lipinski definition) is 4. The zero-order valence-corrected chi connectivity index (χ0v) is 11.2. The van der Waals surface area contributed by atoms with Gasteiger partial charge in [0.1, 0.15) is 0 Å². The Balaban J connectivity index is 2.11. The van der Waals surface area contributed by atoms with Crippen LogP contribution in [-0.2, 0) is 6.18 Å². The minimum absolute atomic E-state index is 0.179. The number of nitrogens with zero attached hydrogens (tertiary/aromatic N) is 2. The number of hydrogen-bond donors (Lipinski definition) is 1. The van der Waals surface area contributed by atoms with Crippen molar-refractivity contribution in [2.45, 2.75) is 19.0 Å². The van der Waals surface area contributed by atoms with Crippen molar-refractivity contribution >= 4 is 22.2 Å². The van der Waals surface area contributed by atoms with Crippen molar-refractivity contribution in [2.24, 2.45) is 0 Å². The fourth-order valence-electron chi connectivity index (χ4n) is 1.51. The van der Waals surface area contributed by atoms with Crippen LogP contribution in [0, 0.1) is 11.3 Å². The first-order valence-corrected chi connectivity index (χ1v) is 6.57. The van der Waals surface area contributed by atoms with Gasteiger partial charge in [-0.15, -0.1) is 11.3 Å². The van der Waals surface area contributed by atoms with E-state index in [9.17, 15) is 13.2 Å². The Morgan fingerprint density at radius 3 is 2.45 bits per heavy atom. The highest BCUT2D eigenvalue weighted by Crippen LogP contribution is 2.32. The van der Waals surface area contributed by atoms with Crippen molar-refractivity contribution in [2.75, 3.05) is 5.32 Å². The minimum Gasteiger partial charge on any atom is -0.332 e. The van der Waals surface area contributed by atoms with E-state index in [4.69, 9.17) is 5.26 Å². The summed E-state index contributed by atoms with van der Waals surface area (Å²) in [5, 5.41) is 12.7. The van der Waals surface area contributed by atoms with E-state index in [-0.39, 0.29) is 11.0 Å². The van der Waals surface area contributed by atoms with E-state index < -0.39 is 11.9 Å². The Kier molecular flexibility index (Phi) is 3.95. The van der Waals surface area contributed by atoms with Gasteiger partial charge in [0.2, 0.25) is 0 Å². The third-order valence-electron chi connectivity index (χ3n) is 2.65. The highest BCUT2D eigenvalue weighted by Gasteiger charge is 2.33. The Bertz CT molecular complexity index is 626. The molecule has 0 spiro atoms. The van der Waals surface area contributed by atoms with Crippen molar-refractivity contribution in [3.8, 4) is 6.07 Å². The summed E-state index contributed by atoms with van der Waals surface area (Å²) in [6.45, 7) is 1.78. The minimum atomic E-state index is -4.43. The Morgan fingerprint density at radius 1 is 1.30 bits per heavy atom. The van der Waals surface area contributed by atoms with E-state index in [1.807, 2.05) is 0 Å². The summed E-state index contributed by atoms with van der Waals surface area (Å²) in [4.78, 5) is 3.48. The van der Waals surface area contributed by atoms with Crippen LogP contribution in [0.25, 0.3) is 0 Å². The fourth-order valence-corrected chi connectivity index (χ4v) is 2.25. The molecule has 20 heavy (non-hydrogen) atoms. The fraction of sp³-hybridized carbons (Fsp3) is 0.231. The van der Waals surface area contributed by atoms with Crippen LogP contribution in [-0.4, -0.2) is 4.98 Å². The predicted molar refractivity (Wildman–Crippen MR) is 70.9 cm³/mol. The van der Waals surface area contributed by atoms with Crippen molar-refractivity contribution < 1.29 is 13.2 Å². The lowest BCUT2D eigenvalue weighted by molar-refractivity contribution is -0.140. The number of benzene rings is 1. The number of nitriles is 1. The summed E-state index contributed by atoms with van der Waals surface area (Å²) >= 11 is 0.892. The molecule has 1 heterocycles. The van der Waals surface area contributed by atoms with Crippen LogP contribution in [0.3, 0.4) is 0 Å². The van der Waals surface area contributed by atoms with Gasteiger partial charge in [-0.25, -0.2) is 4.98 Å². The molecular weight excluding hydrogens is 287 g/mol. The van der Waals surface area contributed by atoms with Crippen LogP contribution in [0.15, 0.2) is 29.6 Å². The molecule has 1 N–H and O–H groups in total. The maximum Gasteiger partial charge on any atom is 0.434 e. The maximum atomic E-state index is 12.4. The predicted octanol–water partition coefficient (Wildman–Crippen LogP) is 4.53. The number of alkyl halides is 3. The topological polar surface area (TPSA) is 48.7 Å². The molecule has 104 valence electrons. The van der Waals surface area contributed by atoms with Gasteiger partial charge in [0.05, 0.1) is 12.0 Å². The van der Waals surface area contributed by atoms with Gasteiger partial charge >= 0.3 is 6.18 Å². The van der Waals surface area contributed by atoms with Gasteiger partial charge in [-0.05, 0) is 24.6 Å². The highest BCUT2D eigenvalue weighted by molar-refractivity contribution is 7.13. The lowest BCUT2D eigenvalue weighted by atomic mass is 10.0. The third kappa shape index (κ3) is 3.27. The van der Waals surface area contributed by atoms with Crippen molar-refractivity contribution in [1.29, 1.82) is 5.26 Å². The molecule has 0 aliphatic heterocycles. The first kappa shape index (κ1) is 14.3. The summed E-state index contributed by atoms with van der Waals surface area (Å²) in [5.41, 5.74) is 0.579. The van der Waals surface area contributed by atoms with Crippen LogP contribution < -0.4 is 5.32 Å². The van der Waals surface area contributed by atoms with Gasteiger partial charge in [-0.3, -0.25) is 0 Å². The molecule has 0 aliphatic carbocycles. The Labute approximate surface area is 117 Å². The van der Waals surface area contributed by atoms with Crippen LogP contribution in [0.1, 0.15) is 24.1 Å². The monoisotopic (exact) mass is 297 g/mol. The first-order valence-electron chi connectivity index (χ1n) is 5.69. The van der Waals surface area contributed by atoms with Gasteiger partial charge in [0.25, 0.3) is 0 Å². The van der Waals surface area contributed by atoms with E-state index in [1.165, 1.54) is 0 Å². The molecule has 0 bridgehead atoms. The average Bonchev–Trinajstić information content (AvgIpc) is 2.87. The zero-order valence-electron chi connectivity index (χ0n) is 10.4. The van der Waals surface area contributed by atoms with E-state index in [1.54, 1.807) is 31.2 Å². The lowest BCUT2D eigenvalue weighted by Crippen LogP contribution is -2.05. The molecular formula is C13H10F3N3S. The average molecular weight is 297 g/mol. The lowest BCUT2D eigenvalue weighted by Gasteiger charge is -2.06. The van der Waals surface area contributed by atoms with Crippen molar-refractivity contribution in [1.82, 2.24) is 4.98 Å². The summed E-state index contributed by atoms with van der Waals surface area (Å²) in [6, 6.07) is 9.04. The summed E-state index contributed by atoms with van der Waals surface area (Å²) in [6.07, 6.45) is -4.43. The number of nitrogens with one attached hydrogen (secondary N) is 1. The van der Waals surface area contributed by atoms with Crippen LogP contribution >= 0.6 is 11.3 Å². The van der Waals surface area contributed by atoms with Gasteiger partial charge in [-0.2, -0.15) is 18.4 Å². The molecule has 1 unspecified atom stereocenters. The SMILES string of the molecule is CC(C#N)c1ccc(Nc2nc(C(F)(F)F)cs2)cc1. The molecule has 7 heteroatoms. The number of rotatable bonds is 3. The largest absolute Gasteiger partial charge is 0.434 e. The first-order chi connectivity index (χ1) is 9.40. The number of thiazole rings is 1. The van der Waals surface area contributed by atoms with Gasteiger partial charge in [0.15, 0.2) is 10.8 Å². The summed E-state index contributed by atoms with van der Waals surface area (Å²) in [7, 11) is 0. The Hall–Kier alpha value is -2.07. The molecule has 1 aromatic carbocycles. The van der Waals surface area contributed by atoms with Crippen LogP contribution in [0.2, 0.25) is 0 Å². The second-order valence-corrected chi connectivity index (χ2v) is 4.99. The molecule has 0 saturated carbocycles. The second kappa shape index (κ2) is 5.51. The standard InChI is InChI=1S/C13H10F3N3S/c1-8(6-17)9-2-4-10(5-3-9)18-12-19-11(7-20-12)13(14,15)16/h2-5,7-8H,1H3,(H,18,19). The summed E-state index contributed by atoms with van der Waals surface area (Å²) < 4.78 is 37.2. The number of anilines is 2. The normalized spacial score (nSPS) is 12.8. The van der Waals surface area contributed by atoms with E-state index in [2.05, 4.69) is 16.4 Å².